The topological polar surface area (TPSA) is 124 Å². The van der Waals surface area contributed by atoms with E-state index < -0.39 is 17.6 Å². The highest BCUT2D eigenvalue weighted by Gasteiger charge is 2.30. The number of rotatable bonds is 16. The number of ether oxygens (including phenoxy) is 1. The number of piperidine rings is 1. The molecular formula is C46H53F3N6O5S. The van der Waals surface area contributed by atoms with Crippen molar-refractivity contribution in [1.82, 2.24) is 20.1 Å². The second kappa shape index (κ2) is 21.9. The van der Waals surface area contributed by atoms with Gasteiger partial charge in [0.15, 0.2) is 0 Å². The summed E-state index contributed by atoms with van der Waals surface area (Å²) in [5.41, 5.74) is 3.88. The number of thioether (sulfide) groups is 1. The summed E-state index contributed by atoms with van der Waals surface area (Å²) in [4.78, 5) is 61.8. The number of alkyl halides is 3. The van der Waals surface area contributed by atoms with Crippen LogP contribution in [0, 0.1) is 0 Å². The van der Waals surface area contributed by atoms with E-state index in [-0.39, 0.29) is 29.8 Å². The molecule has 324 valence electrons. The van der Waals surface area contributed by atoms with Crippen molar-refractivity contribution in [1.29, 1.82) is 0 Å². The number of anilines is 2. The molecule has 6 rings (SSSR count). The van der Waals surface area contributed by atoms with E-state index in [1.807, 2.05) is 41.3 Å². The fourth-order valence-corrected chi connectivity index (χ4v) is 8.30. The smallest absolute Gasteiger partial charge is 0.381 e. The minimum atomic E-state index is -4.49. The summed E-state index contributed by atoms with van der Waals surface area (Å²) in [6.45, 7) is 6.63. The summed E-state index contributed by atoms with van der Waals surface area (Å²) >= 11 is 1.73. The van der Waals surface area contributed by atoms with Gasteiger partial charge in [-0.25, -0.2) is 0 Å². The van der Waals surface area contributed by atoms with Gasteiger partial charge in [-0.2, -0.15) is 24.9 Å². The van der Waals surface area contributed by atoms with Gasteiger partial charge >= 0.3 is 6.18 Å². The largest absolute Gasteiger partial charge is 0.416 e. The average Bonchev–Trinajstić information content (AvgIpc) is 3.54. The van der Waals surface area contributed by atoms with Crippen molar-refractivity contribution in [3.63, 3.8) is 0 Å². The number of nitrogens with one attached hydrogen (secondary N) is 2. The van der Waals surface area contributed by atoms with E-state index in [1.165, 1.54) is 18.3 Å². The molecule has 11 nitrogen and oxygen atoms in total. The normalized spacial score (nSPS) is 14.7. The Morgan fingerprint density at radius 1 is 0.770 bits per heavy atom. The van der Waals surface area contributed by atoms with Gasteiger partial charge in [0, 0.05) is 93.7 Å². The molecule has 0 radical (unpaired) electrons. The number of carbonyl (C=O) groups is 4. The Hall–Kier alpha value is -5.41. The van der Waals surface area contributed by atoms with Crippen LogP contribution in [-0.2, 0) is 32.8 Å². The van der Waals surface area contributed by atoms with Crippen molar-refractivity contribution < 1.29 is 37.1 Å². The number of carbonyl (C=O) groups excluding carboxylic acids is 4. The lowest BCUT2D eigenvalue weighted by atomic mass is 10.0. The fraction of sp³-hybridized carbons (Fsp3) is 0.413. The van der Waals surface area contributed by atoms with Gasteiger partial charge in [0.2, 0.25) is 11.8 Å². The summed E-state index contributed by atoms with van der Waals surface area (Å²) in [5, 5.41) is 5.79. The molecular weight excluding hydrogens is 806 g/mol. The first kappa shape index (κ1) is 45.1. The SMILES string of the molecule is CC(=O)N1CCCN(C(=O)CCOCCCSCc2cccc(C(=O)Nc3ccc(N4CCCCC4)cc3-c3cc(C(=O)NCc4cccc(C(F)(F)F)c4)ccn3)c2)CC1. The highest BCUT2D eigenvalue weighted by atomic mass is 32.2. The fourth-order valence-electron chi connectivity index (χ4n) is 7.41. The van der Waals surface area contributed by atoms with E-state index in [2.05, 4.69) is 20.5 Å². The predicted molar refractivity (Wildman–Crippen MR) is 232 cm³/mol. The third-order valence-corrected chi connectivity index (χ3v) is 11.9. The van der Waals surface area contributed by atoms with Crippen LogP contribution in [0.15, 0.2) is 85.1 Å². The van der Waals surface area contributed by atoms with Gasteiger partial charge in [-0.15, -0.1) is 0 Å². The molecule has 0 aliphatic carbocycles. The van der Waals surface area contributed by atoms with Crippen LogP contribution in [0.5, 0.6) is 0 Å². The Balaban J connectivity index is 1.03. The van der Waals surface area contributed by atoms with Gasteiger partial charge in [-0.1, -0.05) is 24.3 Å². The number of benzene rings is 3. The van der Waals surface area contributed by atoms with Crippen molar-refractivity contribution in [2.75, 3.05) is 68.5 Å². The average molecular weight is 859 g/mol. The monoisotopic (exact) mass is 858 g/mol. The number of pyridine rings is 1. The zero-order valence-electron chi connectivity index (χ0n) is 34.5. The van der Waals surface area contributed by atoms with E-state index in [4.69, 9.17) is 4.74 Å². The number of hydrogen-bond donors (Lipinski definition) is 2. The van der Waals surface area contributed by atoms with E-state index in [1.54, 1.807) is 41.8 Å². The van der Waals surface area contributed by atoms with E-state index in [0.29, 0.717) is 79.6 Å². The van der Waals surface area contributed by atoms with Crippen LogP contribution < -0.4 is 15.5 Å². The van der Waals surface area contributed by atoms with E-state index in [0.717, 1.165) is 74.3 Å². The molecule has 2 aliphatic rings. The quantitative estimate of drug-likeness (QED) is 0.109. The molecule has 2 aliphatic heterocycles. The third kappa shape index (κ3) is 13.3. The van der Waals surface area contributed by atoms with Crippen LogP contribution >= 0.6 is 11.8 Å². The van der Waals surface area contributed by atoms with Gasteiger partial charge in [-0.05, 0) is 104 Å². The molecule has 61 heavy (non-hydrogen) atoms. The summed E-state index contributed by atoms with van der Waals surface area (Å²) in [5.74, 6) is 0.874. The second-order valence-electron chi connectivity index (χ2n) is 15.3. The standard InChI is InChI=1S/C46H53F3N6O5S/c1-33(56)53-20-7-21-55(23-22-53)43(57)16-25-60-24-8-26-61-32-35-10-5-11-36(27-35)45(59)52-41-14-13-39(54-18-3-2-4-19-54)30-40(41)42-29-37(15-17-50-42)44(58)51-31-34-9-6-12-38(28-34)46(47,48)49/h5-6,9-15,17,27-30H,2-4,7-8,16,18-26,31-32H2,1H3,(H,51,58)(H,52,59). The lowest BCUT2D eigenvalue weighted by Gasteiger charge is -2.29. The first-order valence-electron chi connectivity index (χ1n) is 20.8. The van der Waals surface area contributed by atoms with Gasteiger partial charge in [-0.3, -0.25) is 24.2 Å². The molecule has 0 saturated carbocycles. The molecule has 15 heteroatoms. The Labute approximate surface area is 359 Å². The lowest BCUT2D eigenvalue weighted by molar-refractivity contribution is -0.137. The highest BCUT2D eigenvalue weighted by molar-refractivity contribution is 7.98. The number of amides is 4. The Kier molecular flexibility index (Phi) is 16.2. The first-order valence-corrected chi connectivity index (χ1v) is 22.0. The number of aromatic nitrogens is 1. The van der Waals surface area contributed by atoms with Crippen LogP contribution in [0.3, 0.4) is 0 Å². The Morgan fingerprint density at radius 3 is 2.33 bits per heavy atom. The minimum absolute atomic E-state index is 0.0404. The van der Waals surface area contributed by atoms with Crippen LogP contribution in [-0.4, -0.2) is 96.6 Å². The molecule has 3 aromatic carbocycles. The molecule has 2 saturated heterocycles. The predicted octanol–water partition coefficient (Wildman–Crippen LogP) is 8.05. The number of hydrogen-bond acceptors (Lipinski definition) is 8. The van der Waals surface area contributed by atoms with E-state index in [9.17, 15) is 32.3 Å². The zero-order chi connectivity index (χ0) is 43.2. The molecule has 0 spiro atoms. The second-order valence-corrected chi connectivity index (χ2v) is 16.4. The molecule has 3 heterocycles. The third-order valence-electron chi connectivity index (χ3n) is 10.8. The maximum atomic E-state index is 13.8. The lowest BCUT2D eigenvalue weighted by Crippen LogP contribution is -2.36. The summed E-state index contributed by atoms with van der Waals surface area (Å²) in [6.07, 6.45) is 2.24. The van der Waals surface area contributed by atoms with Gasteiger partial charge < -0.3 is 30.1 Å². The van der Waals surface area contributed by atoms with Gasteiger partial charge in [0.05, 0.1) is 30.0 Å². The van der Waals surface area contributed by atoms with Crippen molar-refractivity contribution in [3.8, 4) is 11.3 Å². The first-order chi connectivity index (χ1) is 29.4. The minimum Gasteiger partial charge on any atom is -0.381 e. The molecule has 1 aromatic heterocycles. The van der Waals surface area contributed by atoms with Crippen LogP contribution in [0.4, 0.5) is 24.5 Å². The molecule has 2 N–H and O–H groups in total. The molecule has 4 amide bonds. The van der Waals surface area contributed by atoms with Gasteiger partial charge in [0.1, 0.15) is 0 Å². The number of nitrogens with zero attached hydrogens (tertiary/aromatic N) is 4. The van der Waals surface area contributed by atoms with Crippen molar-refractivity contribution in [2.24, 2.45) is 0 Å². The maximum Gasteiger partial charge on any atom is 0.416 e. The molecule has 4 aromatic rings. The van der Waals surface area contributed by atoms with Crippen molar-refractivity contribution >= 4 is 46.8 Å². The van der Waals surface area contributed by atoms with E-state index >= 15 is 0 Å². The molecule has 0 unspecified atom stereocenters. The Bertz CT molecular complexity index is 2150. The number of halogens is 3. The van der Waals surface area contributed by atoms with Crippen LogP contribution in [0.2, 0.25) is 0 Å². The van der Waals surface area contributed by atoms with Gasteiger partial charge in [0.25, 0.3) is 11.8 Å². The summed E-state index contributed by atoms with van der Waals surface area (Å²) in [6, 6.07) is 21.3. The van der Waals surface area contributed by atoms with Crippen molar-refractivity contribution in [2.45, 2.75) is 63.9 Å². The van der Waals surface area contributed by atoms with Crippen LogP contribution in [0.1, 0.15) is 82.9 Å². The Morgan fingerprint density at radius 2 is 1.52 bits per heavy atom. The molecule has 0 atom stereocenters. The zero-order valence-corrected chi connectivity index (χ0v) is 35.3. The van der Waals surface area contributed by atoms with Crippen LogP contribution in [0.25, 0.3) is 11.3 Å². The molecule has 0 bridgehead atoms. The molecule has 2 fully saturated rings. The highest BCUT2D eigenvalue weighted by Crippen LogP contribution is 2.34. The maximum absolute atomic E-state index is 13.8. The summed E-state index contributed by atoms with van der Waals surface area (Å²) < 4.78 is 45.5. The summed E-state index contributed by atoms with van der Waals surface area (Å²) in [7, 11) is 0. The van der Waals surface area contributed by atoms with Crippen molar-refractivity contribution in [3.05, 3.63) is 113 Å².